The average Bonchev–Trinajstić information content (AvgIpc) is 2.62. The first-order chi connectivity index (χ1) is 7.65. The van der Waals surface area contributed by atoms with E-state index in [1.807, 2.05) is 20.2 Å². The third-order valence-corrected chi connectivity index (χ3v) is 2.99. The minimum atomic E-state index is 0.0864. The number of aryl methyl sites for hydroxylation is 1. The molecule has 0 aromatic carbocycles. The first kappa shape index (κ1) is 11.0. The summed E-state index contributed by atoms with van der Waals surface area (Å²) >= 11 is 0. The van der Waals surface area contributed by atoms with Crippen LogP contribution in [0.4, 0.5) is 0 Å². The number of rotatable bonds is 3. The Balaban J connectivity index is 2.59. The Morgan fingerprint density at radius 3 is 2.81 bits per heavy atom. The largest absolute Gasteiger partial charge is 0.327 e. The second kappa shape index (κ2) is 4.17. The number of nitrogens with two attached hydrogens (primary N) is 1. The van der Waals surface area contributed by atoms with E-state index in [1.165, 1.54) is 0 Å². The van der Waals surface area contributed by atoms with Crippen LogP contribution in [0.5, 0.6) is 0 Å². The van der Waals surface area contributed by atoms with Crippen molar-refractivity contribution in [1.29, 1.82) is 0 Å². The first-order valence-electron chi connectivity index (χ1n) is 5.53. The van der Waals surface area contributed by atoms with Crippen LogP contribution in [0.25, 0.3) is 11.0 Å². The third-order valence-electron chi connectivity index (χ3n) is 2.99. The normalized spacial score (nSPS) is 15.2. The van der Waals surface area contributed by atoms with Crippen LogP contribution < -0.4 is 5.73 Å². The zero-order valence-corrected chi connectivity index (χ0v) is 9.88. The summed E-state index contributed by atoms with van der Waals surface area (Å²) < 4.78 is 1.76. The topological polar surface area (TPSA) is 69.6 Å². The fraction of sp³-hybridized carbons (Fsp3) is 0.545. The predicted molar refractivity (Wildman–Crippen MR) is 63.0 cm³/mol. The predicted octanol–water partition coefficient (Wildman–Crippen LogP) is 1.20. The first-order valence-corrected chi connectivity index (χ1v) is 5.53. The van der Waals surface area contributed by atoms with Crippen molar-refractivity contribution < 1.29 is 0 Å². The van der Waals surface area contributed by atoms with E-state index in [0.29, 0.717) is 0 Å². The summed E-state index contributed by atoms with van der Waals surface area (Å²) in [5.41, 5.74) is 7.86. The summed E-state index contributed by atoms with van der Waals surface area (Å²) in [6.07, 6.45) is 4.37. The van der Waals surface area contributed by atoms with Crippen molar-refractivity contribution >= 4 is 11.0 Å². The lowest BCUT2D eigenvalue weighted by atomic mass is 9.93. The molecule has 0 aliphatic carbocycles. The van der Waals surface area contributed by atoms with Crippen LogP contribution in [0.1, 0.15) is 31.9 Å². The molecule has 0 aliphatic rings. The van der Waals surface area contributed by atoms with E-state index in [4.69, 9.17) is 5.73 Å². The van der Waals surface area contributed by atoms with Crippen LogP contribution in [-0.2, 0) is 7.05 Å². The van der Waals surface area contributed by atoms with Gasteiger partial charge in [0.25, 0.3) is 0 Å². The minimum absolute atomic E-state index is 0.0864. The van der Waals surface area contributed by atoms with Gasteiger partial charge in [0.2, 0.25) is 0 Å². The molecular formula is C11H17N5. The van der Waals surface area contributed by atoms with E-state index in [1.54, 1.807) is 11.0 Å². The van der Waals surface area contributed by atoms with Crippen molar-refractivity contribution in [3.8, 4) is 0 Å². The maximum absolute atomic E-state index is 5.99. The Hall–Kier alpha value is -1.49. The second-order valence-corrected chi connectivity index (χ2v) is 4.14. The quantitative estimate of drug-likeness (QED) is 0.842. The minimum Gasteiger partial charge on any atom is -0.327 e. The van der Waals surface area contributed by atoms with E-state index in [-0.39, 0.29) is 12.0 Å². The second-order valence-electron chi connectivity index (χ2n) is 4.14. The van der Waals surface area contributed by atoms with Crippen molar-refractivity contribution in [3.05, 3.63) is 18.2 Å². The Bertz CT molecular complexity index is 488. The summed E-state index contributed by atoms with van der Waals surface area (Å²) in [7, 11) is 1.88. The number of hydrogen-bond donors (Lipinski definition) is 1. The molecule has 0 saturated carbocycles. The lowest BCUT2D eigenvalue weighted by Gasteiger charge is -2.18. The average molecular weight is 219 g/mol. The molecule has 2 aromatic heterocycles. The molecule has 86 valence electrons. The van der Waals surface area contributed by atoms with Gasteiger partial charge >= 0.3 is 0 Å². The van der Waals surface area contributed by atoms with Gasteiger partial charge < -0.3 is 5.73 Å². The van der Waals surface area contributed by atoms with Gasteiger partial charge in [-0.05, 0) is 13.3 Å². The maximum atomic E-state index is 5.99. The molecule has 5 heteroatoms. The molecule has 0 bridgehead atoms. The highest BCUT2D eigenvalue weighted by atomic mass is 15.3. The standard InChI is InChI=1S/C11H17N5/c1-4-8(7(2)12)10-9-5-15-16(3)11(9)14-6-13-10/h5-8H,4,12H2,1-3H3. The third kappa shape index (κ3) is 1.67. The molecule has 16 heavy (non-hydrogen) atoms. The van der Waals surface area contributed by atoms with Gasteiger partial charge in [0.15, 0.2) is 5.65 Å². The number of hydrogen-bond acceptors (Lipinski definition) is 4. The molecule has 0 radical (unpaired) electrons. The molecule has 2 atom stereocenters. The fourth-order valence-electron chi connectivity index (χ4n) is 2.09. The van der Waals surface area contributed by atoms with E-state index in [0.717, 1.165) is 23.1 Å². The molecule has 2 unspecified atom stereocenters. The lowest BCUT2D eigenvalue weighted by molar-refractivity contribution is 0.543. The van der Waals surface area contributed by atoms with E-state index < -0.39 is 0 Å². The number of nitrogens with zero attached hydrogens (tertiary/aromatic N) is 4. The van der Waals surface area contributed by atoms with Gasteiger partial charge in [-0.25, -0.2) is 9.97 Å². The SMILES string of the molecule is CCC(c1ncnc2c1cnn2C)C(C)N. The molecule has 0 saturated heterocycles. The zero-order chi connectivity index (χ0) is 11.7. The van der Waals surface area contributed by atoms with Gasteiger partial charge in [-0.3, -0.25) is 4.68 Å². The van der Waals surface area contributed by atoms with E-state index >= 15 is 0 Å². The fourth-order valence-corrected chi connectivity index (χ4v) is 2.09. The molecule has 2 heterocycles. The van der Waals surface area contributed by atoms with Crippen LogP contribution in [0.3, 0.4) is 0 Å². The van der Waals surface area contributed by atoms with Gasteiger partial charge in [0, 0.05) is 19.0 Å². The summed E-state index contributed by atoms with van der Waals surface area (Å²) in [5, 5.41) is 5.21. The lowest BCUT2D eigenvalue weighted by Crippen LogP contribution is -2.25. The molecule has 0 spiro atoms. The molecular weight excluding hydrogens is 202 g/mol. The molecule has 2 aromatic rings. The van der Waals surface area contributed by atoms with Crippen molar-refractivity contribution in [2.24, 2.45) is 12.8 Å². The molecule has 0 amide bonds. The molecule has 2 N–H and O–H groups in total. The van der Waals surface area contributed by atoms with Crippen molar-refractivity contribution in [1.82, 2.24) is 19.7 Å². The van der Waals surface area contributed by atoms with Gasteiger partial charge in [-0.2, -0.15) is 5.10 Å². The van der Waals surface area contributed by atoms with Crippen LogP contribution in [0, 0.1) is 0 Å². The molecule has 0 aliphatic heterocycles. The van der Waals surface area contributed by atoms with Crippen molar-refractivity contribution in [2.75, 3.05) is 0 Å². The van der Waals surface area contributed by atoms with Gasteiger partial charge in [-0.15, -0.1) is 0 Å². The van der Waals surface area contributed by atoms with Gasteiger partial charge in [0.05, 0.1) is 17.3 Å². The Morgan fingerprint density at radius 1 is 1.44 bits per heavy atom. The molecule has 5 nitrogen and oxygen atoms in total. The number of fused-ring (bicyclic) bond motifs is 1. The summed E-state index contributed by atoms with van der Waals surface area (Å²) in [5.74, 6) is 0.259. The van der Waals surface area contributed by atoms with E-state index in [9.17, 15) is 0 Å². The number of aromatic nitrogens is 4. The highest BCUT2D eigenvalue weighted by molar-refractivity contribution is 5.77. The Labute approximate surface area is 94.7 Å². The summed E-state index contributed by atoms with van der Waals surface area (Å²) in [6.45, 7) is 4.14. The highest BCUT2D eigenvalue weighted by Crippen LogP contribution is 2.26. The monoisotopic (exact) mass is 219 g/mol. The molecule has 2 rings (SSSR count). The summed E-state index contributed by atoms with van der Waals surface area (Å²) in [4.78, 5) is 8.59. The Morgan fingerprint density at radius 2 is 2.19 bits per heavy atom. The van der Waals surface area contributed by atoms with Crippen LogP contribution in [0.15, 0.2) is 12.5 Å². The zero-order valence-electron chi connectivity index (χ0n) is 9.88. The van der Waals surface area contributed by atoms with Crippen LogP contribution in [0.2, 0.25) is 0 Å². The van der Waals surface area contributed by atoms with Crippen LogP contribution in [-0.4, -0.2) is 25.8 Å². The maximum Gasteiger partial charge on any atom is 0.161 e. The van der Waals surface area contributed by atoms with Crippen LogP contribution >= 0.6 is 0 Å². The molecule has 0 fully saturated rings. The van der Waals surface area contributed by atoms with Gasteiger partial charge in [-0.1, -0.05) is 6.92 Å². The van der Waals surface area contributed by atoms with E-state index in [2.05, 4.69) is 22.0 Å². The van der Waals surface area contributed by atoms with Crippen molar-refractivity contribution in [3.63, 3.8) is 0 Å². The van der Waals surface area contributed by atoms with Crippen molar-refractivity contribution in [2.45, 2.75) is 32.2 Å². The Kier molecular flexibility index (Phi) is 2.87. The van der Waals surface area contributed by atoms with Gasteiger partial charge in [0.1, 0.15) is 6.33 Å². The summed E-state index contributed by atoms with van der Waals surface area (Å²) in [6, 6.07) is 0.0864. The highest BCUT2D eigenvalue weighted by Gasteiger charge is 2.19. The smallest absolute Gasteiger partial charge is 0.161 e.